The number of hydrogen-bond acceptors (Lipinski definition) is 3. The van der Waals surface area contributed by atoms with Gasteiger partial charge in [0.15, 0.2) is 0 Å². The number of nitrogens with zero attached hydrogens (tertiary/aromatic N) is 2. The Morgan fingerprint density at radius 3 is 2.27 bits per heavy atom. The maximum absolute atomic E-state index is 9.88. The summed E-state index contributed by atoms with van der Waals surface area (Å²) in [6.07, 6.45) is 8.75. The third-order valence-electron chi connectivity index (χ3n) is 6.02. The molecule has 0 aromatic heterocycles. The monoisotopic (exact) mass is 358 g/mol. The predicted molar refractivity (Wildman–Crippen MR) is 109 cm³/mol. The summed E-state index contributed by atoms with van der Waals surface area (Å²) in [6.45, 7) is 11.3. The van der Waals surface area contributed by atoms with Gasteiger partial charge in [0.25, 0.3) is 0 Å². The van der Waals surface area contributed by atoms with Gasteiger partial charge in [-0.25, -0.2) is 0 Å². The lowest BCUT2D eigenvalue weighted by Gasteiger charge is -2.37. The van der Waals surface area contributed by atoms with Crippen molar-refractivity contribution >= 4 is 0 Å². The van der Waals surface area contributed by atoms with Crippen LogP contribution in [-0.2, 0) is 13.0 Å². The first kappa shape index (κ1) is 19.9. The second kappa shape index (κ2) is 9.34. The van der Waals surface area contributed by atoms with Gasteiger partial charge in [-0.1, -0.05) is 30.7 Å². The lowest BCUT2D eigenvalue weighted by molar-refractivity contribution is 0.0714. The number of likely N-dealkylation sites (tertiary alicyclic amines) is 2. The molecular weight excluding hydrogens is 320 g/mol. The summed E-state index contributed by atoms with van der Waals surface area (Å²) in [7, 11) is 0. The van der Waals surface area contributed by atoms with Gasteiger partial charge in [-0.05, 0) is 89.1 Å². The summed E-state index contributed by atoms with van der Waals surface area (Å²) < 4.78 is 0. The van der Waals surface area contributed by atoms with Gasteiger partial charge in [-0.2, -0.15) is 0 Å². The van der Waals surface area contributed by atoms with E-state index in [1.54, 1.807) is 0 Å². The van der Waals surface area contributed by atoms with E-state index >= 15 is 0 Å². The summed E-state index contributed by atoms with van der Waals surface area (Å²) in [4.78, 5) is 5.36. The number of benzene rings is 1. The van der Waals surface area contributed by atoms with E-state index in [1.807, 2.05) is 13.8 Å². The van der Waals surface area contributed by atoms with Gasteiger partial charge in [0.05, 0.1) is 5.60 Å². The molecule has 2 heterocycles. The van der Waals surface area contributed by atoms with Crippen molar-refractivity contribution in [1.82, 2.24) is 9.80 Å². The van der Waals surface area contributed by atoms with Gasteiger partial charge in [0.2, 0.25) is 0 Å². The van der Waals surface area contributed by atoms with E-state index in [2.05, 4.69) is 34.1 Å². The zero-order valence-electron chi connectivity index (χ0n) is 16.9. The van der Waals surface area contributed by atoms with E-state index in [1.165, 1.54) is 76.0 Å². The first-order chi connectivity index (χ1) is 12.5. The molecular formula is C23H38N2O. The Balaban J connectivity index is 1.45. The molecule has 3 nitrogen and oxygen atoms in total. The van der Waals surface area contributed by atoms with Crippen molar-refractivity contribution in [2.75, 3.05) is 32.7 Å². The molecule has 2 fully saturated rings. The summed E-state index contributed by atoms with van der Waals surface area (Å²) >= 11 is 0. The fraction of sp³-hybridized carbons (Fsp3) is 0.739. The lowest BCUT2D eigenvalue weighted by atomic mass is 9.95. The first-order valence-corrected chi connectivity index (χ1v) is 10.7. The standard InChI is InChI=1S/C23H38N2O/c1-23(2,26)13-12-20-8-10-21(11-9-20)17-25-16-6-7-22(19-25)18-24-14-4-3-5-15-24/h8-11,22,26H,3-7,12-19H2,1-2H3/t22-/m1/s1. The summed E-state index contributed by atoms with van der Waals surface area (Å²) in [5, 5.41) is 9.88. The highest BCUT2D eigenvalue weighted by Gasteiger charge is 2.23. The molecule has 0 unspecified atom stereocenters. The van der Waals surface area contributed by atoms with E-state index in [4.69, 9.17) is 0 Å². The molecule has 1 N–H and O–H groups in total. The van der Waals surface area contributed by atoms with E-state index in [0.717, 1.165) is 25.3 Å². The quantitative estimate of drug-likeness (QED) is 0.795. The van der Waals surface area contributed by atoms with E-state index in [9.17, 15) is 5.11 Å². The molecule has 2 aliphatic rings. The molecule has 0 spiro atoms. The van der Waals surface area contributed by atoms with Crippen LogP contribution in [0.3, 0.4) is 0 Å². The smallest absolute Gasteiger partial charge is 0.0594 e. The van der Waals surface area contributed by atoms with E-state index < -0.39 is 5.60 Å². The highest BCUT2D eigenvalue weighted by molar-refractivity contribution is 5.22. The molecule has 0 radical (unpaired) electrons. The zero-order valence-corrected chi connectivity index (χ0v) is 16.9. The molecule has 2 saturated heterocycles. The molecule has 0 amide bonds. The SMILES string of the molecule is CC(C)(O)CCc1ccc(CN2CCC[C@H](CN3CCCCC3)C2)cc1. The third-order valence-corrected chi connectivity index (χ3v) is 6.02. The Kier molecular flexibility index (Phi) is 7.13. The van der Waals surface area contributed by atoms with Crippen LogP contribution < -0.4 is 0 Å². The Morgan fingerprint density at radius 1 is 0.923 bits per heavy atom. The summed E-state index contributed by atoms with van der Waals surface area (Å²) in [6, 6.07) is 9.06. The van der Waals surface area contributed by atoms with Crippen LogP contribution in [0.1, 0.15) is 63.5 Å². The number of hydrogen-bond donors (Lipinski definition) is 1. The number of rotatable bonds is 7. The van der Waals surface area contributed by atoms with Gasteiger partial charge in [-0.3, -0.25) is 4.90 Å². The van der Waals surface area contributed by atoms with Crippen LogP contribution >= 0.6 is 0 Å². The topological polar surface area (TPSA) is 26.7 Å². The number of aliphatic hydroxyl groups is 1. The summed E-state index contributed by atoms with van der Waals surface area (Å²) in [5.41, 5.74) is 2.18. The third kappa shape index (κ3) is 6.68. The average Bonchev–Trinajstić information content (AvgIpc) is 2.62. The molecule has 1 aromatic rings. The summed E-state index contributed by atoms with van der Waals surface area (Å²) in [5.74, 6) is 0.855. The number of piperidine rings is 2. The minimum atomic E-state index is -0.574. The minimum absolute atomic E-state index is 0.574. The fourth-order valence-corrected chi connectivity index (χ4v) is 4.47. The van der Waals surface area contributed by atoms with Crippen LogP contribution in [0.15, 0.2) is 24.3 Å². The van der Waals surface area contributed by atoms with Crippen LogP contribution in [-0.4, -0.2) is 53.2 Å². The Morgan fingerprint density at radius 2 is 1.58 bits per heavy atom. The van der Waals surface area contributed by atoms with E-state index in [-0.39, 0.29) is 0 Å². The lowest BCUT2D eigenvalue weighted by Crippen LogP contribution is -2.42. The van der Waals surface area contributed by atoms with Crippen molar-refractivity contribution in [2.45, 2.75) is 70.9 Å². The van der Waals surface area contributed by atoms with Crippen molar-refractivity contribution in [3.05, 3.63) is 35.4 Å². The molecule has 146 valence electrons. The molecule has 0 aliphatic carbocycles. The van der Waals surface area contributed by atoms with Crippen molar-refractivity contribution in [3.63, 3.8) is 0 Å². The molecule has 3 rings (SSSR count). The molecule has 2 aliphatic heterocycles. The van der Waals surface area contributed by atoms with Gasteiger partial charge in [0, 0.05) is 19.6 Å². The largest absolute Gasteiger partial charge is 0.390 e. The zero-order chi connectivity index (χ0) is 18.4. The normalized spacial score (nSPS) is 23.3. The Bertz CT molecular complexity index is 528. The Hall–Kier alpha value is -0.900. The van der Waals surface area contributed by atoms with Crippen LogP contribution in [0.4, 0.5) is 0 Å². The van der Waals surface area contributed by atoms with Crippen LogP contribution in [0, 0.1) is 5.92 Å². The molecule has 0 bridgehead atoms. The van der Waals surface area contributed by atoms with Gasteiger partial charge in [0.1, 0.15) is 0 Å². The highest BCUT2D eigenvalue weighted by Crippen LogP contribution is 2.22. The van der Waals surface area contributed by atoms with Crippen LogP contribution in [0.2, 0.25) is 0 Å². The van der Waals surface area contributed by atoms with E-state index in [0.29, 0.717) is 0 Å². The van der Waals surface area contributed by atoms with Crippen LogP contribution in [0.25, 0.3) is 0 Å². The average molecular weight is 359 g/mol. The van der Waals surface area contributed by atoms with Crippen molar-refractivity contribution in [3.8, 4) is 0 Å². The van der Waals surface area contributed by atoms with Crippen LogP contribution in [0.5, 0.6) is 0 Å². The molecule has 26 heavy (non-hydrogen) atoms. The molecule has 1 aromatic carbocycles. The van der Waals surface area contributed by atoms with Gasteiger partial charge in [-0.15, -0.1) is 0 Å². The minimum Gasteiger partial charge on any atom is -0.390 e. The van der Waals surface area contributed by atoms with Gasteiger partial charge >= 0.3 is 0 Å². The predicted octanol–water partition coefficient (Wildman–Crippen LogP) is 4.09. The maximum Gasteiger partial charge on any atom is 0.0594 e. The van der Waals surface area contributed by atoms with Gasteiger partial charge < -0.3 is 10.0 Å². The van der Waals surface area contributed by atoms with Crippen molar-refractivity contribution in [1.29, 1.82) is 0 Å². The second-order valence-electron chi connectivity index (χ2n) is 9.23. The molecule has 0 saturated carbocycles. The molecule has 1 atom stereocenters. The van der Waals surface area contributed by atoms with Crippen molar-refractivity contribution in [2.24, 2.45) is 5.92 Å². The maximum atomic E-state index is 9.88. The number of aryl methyl sites for hydroxylation is 1. The Labute approximate surface area is 160 Å². The first-order valence-electron chi connectivity index (χ1n) is 10.7. The molecule has 3 heteroatoms. The van der Waals surface area contributed by atoms with Crippen molar-refractivity contribution < 1.29 is 5.11 Å². The second-order valence-corrected chi connectivity index (χ2v) is 9.23. The fourth-order valence-electron chi connectivity index (χ4n) is 4.47. The highest BCUT2D eigenvalue weighted by atomic mass is 16.3.